The molecule has 0 saturated heterocycles. The molecule has 0 aromatic rings. The summed E-state index contributed by atoms with van der Waals surface area (Å²) in [6.45, 7) is 3.35. The first-order valence-electron chi connectivity index (χ1n) is 4.74. The highest BCUT2D eigenvalue weighted by atomic mass is 16.3. The average molecular weight is 170 g/mol. The summed E-state index contributed by atoms with van der Waals surface area (Å²) in [5.41, 5.74) is 0. The lowest BCUT2D eigenvalue weighted by atomic mass is 10.2. The molecule has 12 heavy (non-hydrogen) atoms. The van der Waals surface area contributed by atoms with E-state index in [2.05, 4.69) is 10.3 Å². The predicted molar refractivity (Wildman–Crippen MR) is 50.5 cm³/mol. The average Bonchev–Trinajstić information content (AvgIpc) is 2.28. The van der Waals surface area contributed by atoms with Gasteiger partial charge in [-0.15, -0.1) is 0 Å². The first-order chi connectivity index (χ1) is 5.79. The molecule has 70 valence electrons. The lowest BCUT2D eigenvalue weighted by Gasteiger charge is -2.09. The van der Waals surface area contributed by atoms with Gasteiger partial charge in [0.2, 0.25) is 0 Å². The van der Waals surface area contributed by atoms with Crippen LogP contribution in [-0.2, 0) is 0 Å². The first-order valence-corrected chi connectivity index (χ1v) is 4.74. The van der Waals surface area contributed by atoms with Crippen molar-refractivity contribution in [1.82, 2.24) is 5.32 Å². The van der Waals surface area contributed by atoms with Crippen LogP contribution in [0.25, 0.3) is 0 Å². The zero-order valence-corrected chi connectivity index (χ0v) is 7.71. The third kappa shape index (κ3) is 3.72. The summed E-state index contributed by atoms with van der Waals surface area (Å²) in [6.07, 6.45) is 4.48. The van der Waals surface area contributed by atoms with Gasteiger partial charge in [-0.3, -0.25) is 4.99 Å². The van der Waals surface area contributed by atoms with Crippen molar-refractivity contribution in [2.45, 2.75) is 38.7 Å². The van der Waals surface area contributed by atoms with E-state index in [1.165, 1.54) is 19.3 Å². The molecule has 0 fully saturated rings. The number of rotatable bonds is 2. The van der Waals surface area contributed by atoms with Crippen LogP contribution < -0.4 is 5.32 Å². The van der Waals surface area contributed by atoms with E-state index in [0.29, 0.717) is 6.54 Å². The Hall–Kier alpha value is -0.570. The van der Waals surface area contributed by atoms with Crippen molar-refractivity contribution in [3.05, 3.63) is 0 Å². The van der Waals surface area contributed by atoms with Gasteiger partial charge in [0.25, 0.3) is 0 Å². The Morgan fingerprint density at radius 2 is 2.33 bits per heavy atom. The number of nitrogens with one attached hydrogen (secondary N) is 1. The molecular weight excluding hydrogens is 152 g/mol. The Balaban J connectivity index is 2.24. The van der Waals surface area contributed by atoms with E-state index in [1.807, 2.05) is 0 Å². The third-order valence-corrected chi connectivity index (χ3v) is 1.98. The molecule has 3 heteroatoms. The lowest BCUT2D eigenvalue weighted by molar-refractivity contribution is 0.197. The maximum absolute atomic E-state index is 9.04. The Morgan fingerprint density at radius 3 is 3.08 bits per heavy atom. The molecule has 0 radical (unpaired) electrons. The molecule has 1 rings (SSSR count). The number of hydrogen-bond acceptors (Lipinski definition) is 3. The van der Waals surface area contributed by atoms with Gasteiger partial charge >= 0.3 is 0 Å². The van der Waals surface area contributed by atoms with Gasteiger partial charge in [-0.1, -0.05) is 6.42 Å². The fraction of sp³-hybridized carbons (Fsp3) is 0.889. The van der Waals surface area contributed by atoms with Crippen LogP contribution in [0, 0.1) is 0 Å². The SMILES string of the molecule is CC(O)CNC1=NCCCCC1. The molecule has 0 saturated carbocycles. The van der Waals surface area contributed by atoms with E-state index in [1.54, 1.807) is 6.92 Å². The van der Waals surface area contributed by atoms with Crippen LogP contribution >= 0.6 is 0 Å². The minimum atomic E-state index is -0.282. The van der Waals surface area contributed by atoms with Crippen molar-refractivity contribution in [2.75, 3.05) is 13.1 Å². The largest absolute Gasteiger partial charge is 0.392 e. The number of aliphatic imine (C=N–C) groups is 1. The normalized spacial score (nSPS) is 21.0. The number of aliphatic hydroxyl groups excluding tert-OH is 1. The first kappa shape index (κ1) is 9.52. The van der Waals surface area contributed by atoms with Gasteiger partial charge in [0.05, 0.1) is 11.9 Å². The van der Waals surface area contributed by atoms with E-state index < -0.39 is 0 Å². The van der Waals surface area contributed by atoms with Crippen LogP contribution in [-0.4, -0.2) is 30.1 Å². The summed E-state index contributed by atoms with van der Waals surface area (Å²) in [4.78, 5) is 4.39. The molecule has 0 bridgehead atoms. The van der Waals surface area contributed by atoms with Crippen molar-refractivity contribution in [3.63, 3.8) is 0 Å². The molecule has 0 aliphatic carbocycles. The molecule has 0 amide bonds. The topological polar surface area (TPSA) is 44.6 Å². The Kier molecular flexibility index (Phi) is 4.08. The van der Waals surface area contributed by atoms with Crippen LogP contribution in [0.15, 0.2) is 4.99 Å². The van der Waals surface area contributed by atoms with Crippen LogP contribution in [0.2, 0.25) is 0 Å². The van der Waals surface area contributed by atoms with Crippen LogP contribution in [0.3, 0.4) is 0 Å². The van der Waals surface area contributed by atoms with Crippen molar-refractivity contribution in [2.24, 2.45) is 4.99 Å². The summed E-state index contributed by atoms with van der Waals surface area (Å²) in [5.74, 6) is 1.08. The third-order valence-electron chi connectivity index (χ3n) is 1.98. The minimum Gasteiger partial charge on any atom is -0.392 e. The van der Waals surface area contributed by atoms with Crippen molar-refractivity contribution in [1.29, 1.82) is 0 Å². The molecule has 1 aliphatic rings. The molecular formula is C9H18N2O. The van der Waals surface area contributed by atoms with Gasteiger partial charge in [0, 0.05) is 19.5 Å². The summed E-state index contributed by atoms with van der Waals surface area (Å²) in [5, 5.41) is 12.2. The maximum atomic E-state index is 9.04. The quantitative estimate of drug-likeness (QED) is 0.647. The fourth-order valence-electron chi connectivity index (χ4n) is 1.28. The molecule has 0 aromatic heterocycles. The molecule has 1 unspecified atom stereocenters. The Bertz CT molecular complexity index is 155. The van der Waals surface area contributed by atoms with Gasteiger partial charge in [-0.25, -0.2) is 0 Å². The second-order valence-electron chi connectivity index (χ2n) is 3.37. The summed E-state index contributed by atoms with van der Waals surface area (Å²) in [7, 11) is 0. The van der Waals surface area contributed by atoms with E-state index in [0.717, 1.165) is 18.8 Å². The highest BCUT2D eigenvalue weighted by Crippen LogP contribution is 2.05. The van der Waals surface area contributed by atoms with Crippen molar-refractivity contribution < 1.29 is 5.11 Å². The van der Waals surface area contributed by atoms with E-state index in [-0.39, 0.29) is 6.10 Å². The Labute approximate surface area is 73.9 Å². The molecule has 1 atom stereocenters. The number of hydrogen-bond donors (Lipinski definition) is 2. The van der Waals surface area contributed by atoms with E-state index >= 15 is 0 Å². The molecule has 3 nitrogen and oxygen atoms in total. The molecule has 1 aliphatic heterocycles. The smallest absolute Gasteiger partial charge is 0.0963 e. The fourth-order valence-corrected chi connectivity index (χ4v) is 1.28. The standard InChI is InChI=1S/C9H18N2O/c1-8(12)7-11-9-5-3-2-4-6-10-9/h8,12H,2-7H2,1H3,(H,10,11). The van der Waals surface area contributed by atoms with Gasteiger partial charge in [0.15, 0.2) is 0 Å². The van der Waals surface area contributed by atoms with Crippen LogP contribution in [0.5, 0.6) is 0 Å². The second-order valence-corrected chi connectivity index (χ2v) is 3.37. The Morgan fingerprint density at radius 1 is 1.50 bits per heavy atom. The molecule has 0 spiro atoms. The summed E-state index contributed by atoms with van der Waals surface area (Å²) < 4.78 is 0. The maximum Gasteiger partial charge on any atom is 0.0963 e. The zero-order chi connectivity index (χ0) is 8.81. The summed E-state index contributed by atoms with van der Waals surface area (Å²) >= 11 is 0. The number of nitrogens with zero attached hydrogens (tertiary/aromatic N) is 1. The van der Waals surface area contributed by atoms with Crippen LogP contribution in [0.1, 0.15) is 32.6 Å². The zero-order valence-electron chi connectivity index (χ0n) is 7.71. The van der Waals surface area contributed by atoms with Crippen molar-refractivity contribution >= 4 is 5.84 Å². The van der Waals surface area contributed by atoms with Gasteiger partial charge in [0.1, 0.15) is 0 Å². The lowest BCUT2D eigenvalue weighted by Crippen LogP contribution is -2.30. The predicted octanol–water partition coefficient (Wildman–Crippen LogP) is 0.929. The highest BCUT2D eigenvalue weighted by molar-refractivity contribution is 5.82. The van der Waals surface area contributed by atoms with E-state index in [9.17, 15) is 0 Å². The second kappa shape index (κ2) is 5.14. The van der Waals surface area contributed by atoms with Gasteiger partial charge in [-0.2, -0.15) is 0 Å². The van der Waals surface area contributed by atoms with Gasteiger partial charge < -0.3 is 10.4 Å². The molecule has 0 aromatic carbocycles. The van der Waals surface area contributed by atoms with Crippen LogP contribution in [0.4, 0.5) is 0 Å². The molecule has 1 heterocycles. The summed E-state index contributed by atoms with van der Waals surface area (Å²) in [6, 6.07) is 0. The van der Waals surface area contributed by atoms with Gasteiger partial charge in [-0.05, 0) is 19.8 Å². The monoisotopic (exact) mass is 170 g/mol. The van der Waals surface area contributed by atoms with Crippen molar-refractivity contribution in [3.8, 4) is 0 Å². The number of aliphatic hydroxyl groups is 1. The highest BCUT2D eigenvalue weighted by Gasteiger charge is 2.03. The van der Waals surface area contributed by atoms with E-state index in [4.69, 9.17) is 5.11 Å². The number of amidine groups is 1. The molecule has 2 N–H and O–H groups in total. The minimum absolute atomic E-state index is 0.282.